The van der Waals surface area contributed by atoms with Gasteiger partial charge in [0.05, 0.1) is 11.0 Å². The molecule has 3 nitrogen and oxygen atoms in total. The predicted molar refractivity (Wildman–Crippen MR) is 90.4 cm³/mol. The fraction of sp³-hybridized carbons (Fsp3) is 0.647. The highest BCUT2D eigenvalue weighted by molar-refractivity contribution is 7.92. The van der Waals surface area contributed by atoms with E-state index in [0.29, 0.717) is 6.42 Å². The molecule has 0 saturated carbocycles. The molecule has 0 aromatic heterocycles. The molecule has 21 heavy (non-hydrogen) atoms. The van der Waals surface area contributed by atoms with Crippen molar-refractivity contribution in [3.63, 3.8) is 0 Å². The molecule has 1 N–H and O–H groups in total. The smallest absolute Gasteiger partial charge is 0.154 e. The van der Waals surface area contributed by atoms with Crippen molar-refractivity contribution in [2.75, 3.05) is 12.3 Å². The Labute approximate surface area is 130 Å². The zero-order chi connectivity index (χ0) is 15.9. The van der Waals surface area contributed by atoms with E-state index in [0.717, 1.165) is 24.9 Å². The molecule has 0 amide bonds. The van der Waals surface area contributed by atoms with Gasteiger partial charge in [0.25, 0.3) is 0 Å². The molecule has 0 bridgehead atoms. The van der Waals surface area contributed by atoms with Crippen molar-refractivity contribution in [1.82, 2.24) is 5.32 Å². The third-order valence-corrected chi connectivity index (χ3v) is 6.32. The van der Waals surface area contributed by atoms with E-state index in [1.165, 1.54) is 5.56 Å². The van der Waals surface area contributed by atoms with Crippen molar-refractivity contribution in [1.29, 1.82) is 0 Å². The number of nitrogens with one attached hydrogen (secondary N) is 1. The molecule has 0 aliphatic carbocycles. The molecule has 1 rings (SSSR count). The molecule has 0 aliphatic heterocycles. The fourth-order valence-electron chi connectivity index (χ4n) is 2.38. The first-order valence-corrected chi connectivity index (χ1v) is 9.69. The maximum Gasteiger partial charge on any atom is 0.154 e. The van der Waals surface area contributed by atoms with Crippen LogP contribution >= 0.6 is 0 Å². The molecule has 0 radical (unpaired) electrons. The van der Waals surface area contributed by atoms with Gasteiger partial charge in [-0.1, -0.05) is 51.5 Å². The fourth-order valence-corrected chi connectivity index (χ4v) is 3.99. The van der Waals surface area contributed by atoms with Gasteiger partial charge >= 0.3 is 0 Å². The van der Waals surface area contributed by atoms with Crippen molar-refractivity contribution in [2.45, 2.75) is 58.2 Å². The van der Waals surface area contributed by atoms with Crippen LogP contribution in [-0.4, -0.2) is 26.0 Å². The Hall–Kier alpha value is -0.870. The van der Waals surface area contributed by atoms with E-state index in [-0.39, 0.29) is 17.0 Å². The quantitative estimate of drug-likeness (QED) is 0.759. The zero-order valence-electron chi connectivity index (χ0n) is 13.7. The van der Waals surface area contributed by atoms with Gasteiger partial charge < -0.3 is 5.32 Å². The van der Waals surface area contributed by atoms with Crippen molar-refractivity contribution in [2.24, 2.45) is 0 Å². The summed E-state index contributed by atoms with van der Waals surface area (Å²) in [5.41, 5.74) is 2.37. The Kier molecular flexibility index (Phi) is 7.40. The Bertz CT molecular complexity index is 508. The van der Waals surface area contributed by atoms with Crippen molar-refractivity contribution >= 4 is 9.84 Å². The Morgan fingerprint density at radius 1 is 1.10 bits per heavy atom. The second-order valence-electron chi connectivity index (χ2n) is 5.65. The van der Waals surface area contributed by atoms with E-state index in [4.69, 9.17) is 0 Å². The SMILES string of the molecule is CCCc1ccc(C(CS(=O)(=O)C(C)CC)NCC)cc1. The van der Waals surface area contributed by atoms with Crippen LogP contribution in [-0.2, 0) is 16.3 Å². The van der Waals surface area contributed by atoms with Crippen LogP contribution in [0.1, 0.15) is 57.7 Å². The van der Waals surface area contributed by atoms with Gasteiger partial charge in [0.1, 0.15) is 0 Å². The third-order valence-electron chi connectivity index (χ3n) is 3.96. The lowest BCUT2D eigenvalue weighted by molar-refractivity contribution is 0.549. The average molecular weight is 311 g/mol. The topological polar surface area (TPSA) is 46.2 Å². The number of benzene rings is 1. The normalized spacial score (nSPS) is 14.9. The molecule has 120 valence electrons. The largest absolute Gasteiger partial charge is 0.309 e. The second-order valence-corrected chi connectivity index (χ2v) is 8.11. The van der Waals surface area contributed by atoms with Gasteiger partial charge in [-0.3, -0.25) is 0 Å². The summed E-state index contributed by atoms with van der Waals surface area (Å²) in [5, 5.41) is 3.03. The molecule has 0 aliphatic rings. The van der Waals surface area contributed by atoms with Crippen LogP contribution in [0.2, 0.25) is 0 Å². The van der Waals surface area contributed by atoms with E-state index in [2.05, 4.69) is 36.5 Å². The lowest BCUT2D eigenvalue weighted by Crippen LogP contribution is -2.32. The highest BCUT2D eigenvalue weighted by Gasteiger charge is 2.24. The summed E-state index contributed by atoms with van der Waals surface area (Å²) in [6, 6.07) is 8.22. The van der Waals surface area contributed by atoms with Crippen LogP contribution in [0.4, 0.5) is 0 Å². The van der Waals surface area contributed by atoms with Crippen LogP contribution in [0.3, 0.4) is 0 Å². The molecule has 0 fully saturated rings. The van der Waals surface area contributed by atoms with Gasteiger partial charge in [-0.05, 0) is 37.4 Å². The molecule has 4 heteroatoms. The summed E-state index contributed by atoms with van der Waals surface area (Å²) in [4.78, 5) is 0. The lowest BCUT2D eigenvalue weighted by Gasteiger charge is -2.21. The maximum absolute atomic E-state index is 12.3. The highest BCUT2D eigenvalue weighted by atomic mass is 32.2. The standard InChI is InChI=1S/C17H29NO2S/c1-5-8-15-9-11-16(12-10-15)17(18-7-3)13-21(19,20)14(4)6-2/h9-12,14,17-18H,5-8,13H2,1-4H3. The van der Waals surface area contributed by atoms with E-state index in [1.54, 1.807) is 6.92 Å². The summed E-state index contributed by atoms with van der Waals surface area (Å²) < 4.78 is 24.7. The van der Waals surface area contributed by atoms with Crippen molar-refractivity contribution in [3.05, 3.63) is 35.4 Å². The van der Waals surface area contributed by atoms with Gasteiger partial charge in [0.15, 0.2) is 9.84 Å². The Morgan fingerprint density at radius 2 is 1.71 bits per heavy atom. The van der Waals surface area contributed by atoms with E-state index in [1.807, 2.05) is 13.8 Å². The Morgan fingerprint density at radius 3 is 2.19 bits per heavy atom. The molecular weight excluding hydrogens is 282 g/mol. The van der Waals surface area contributed by atoms with Gasteiger partial charge in [-0.15, -0.1) is 0 Å². The molecule has 2 unspecified atom stereocenters. The molecule has 1 aromatic carbocycles. The van der Waals surface area contributed by atoms with Crippen molar-refractivity contribution < 1.29 is 8.42 Å². The average Bonchev–Trinajstić information content (AvgIpc) is 2.47. The summed E-state index contributed by atoms with van der Waals surface area (Å²) >= 11 is 0. The van der Waals surface area contributed by atoms with Crippen LogP contribution in [0.15, 0.2) is 24.3 Å². The summed E-state index contributed by atoms with van der Waals surface area (Å²) in [7, 11) is -3.06. The summed E-state index contributed by atoms with van der Waals surface area (Å²) in [6.45, 7) is 8.65. The molecule has 1 aromatic rings. The van der Waals surface area contributed by atoms with Gasteiger partial charge in [0, 0.05) is 6.04 Å². The number of rotatable bonds is 9. The first-order chi connectivity index (χ1) is 9.94. The number of aryl methyl sites for hydroxylation is 1. The minimum atomic E-state index is -3.06. The third kappa shape index (κ3) is 5.44. The Balaban J connectivity index is 2.91. The van der Waals surface area contributed by atoms with Gasteiger partial charge in [-0.25, -0.2) is 8.42 Å². The van der Waals surface area contributed by atoms with Crippen LogP contribution in [0.25, 0.3) is 0 Å². The van der Waals surface area contributed by atoms with E-state index < -0.39 is 9.84 Å². The first kappa shape index (κ1) is 18.2. The van der Waals surface area contributed by atoms with E-state index in [9.17, 15) is 8.42 Å². The minimum absolute atomic E-state index is 0.121. The molecule has 0 saturated heterocycles. The van der Waals surface area contributed by atoms with Gasteiger partial charge in [-0.2, -0.15) is 0 Å². The van der Waals surface area contributed by atoms with E-state index >= 15 is 0 Å². The van der Waals surface area contributed by atoms with Crippen LogP contribution < -0.4 is 5.32 Å². The van der Waals surface area contributed by atoms with Crippen LogP contribution in [0.5, 0.6) is 0 Å². The molecular formula is C17H29NO2S. The minimum Gasteiger partial charge on any atom is -0.309 e. The molecule has 2 atom stereocenters. The van der Waals surface area contributed by atoms with Crippen molar-refractivity contribution in [3.8, 4) is 0 Å². The molecule has 0 spiro atoms. The zero-order valence-corrected chi connectivity index (χ0v) is 14.5. The second kappa shape index (κ2) is 8.54. The molecule has 0 heterocycles. The summed E-state index contributed by atoms with van der Waals surface area (Å²) in [6.07, 6.45) is 2.85. The highest BCUT2D eigenvalue weighted by Crippen LogP contribution is 2.19. The summed E-state index contributed by atoms with van der Waals surface area (Å²) in [5.74, 6) is 0.170. The number of sulfone groups is 1. The number of hydrogen-bond donors (Lipinski definition) is 1. The van der Waals surface area contributed by atoms with Crippen LogP contribution in [0, 0.1) is 0 Å². The van der Waals surface area contributed by atoms with Gasteiger partial charge in [0.2, 0.25) is 0 Å². The lowest BCUT2D eigenvalue weighted by atomic mass is 10.0. The maximum atomic E-state index is 12.3. The monoisotopic (exact) mass is 311 g/mol. The first-order valence-electron chi connectivity index (χ1n) is 7.98. The predicted octanol–water partition coefficient (Wildman–Crippen LogP) is 3.50. The number of hydrogen-bond acceptors (Lipinski definition) is 3.